The number of nitrogens with zero attached hydrogens (tertiary/aromatic N) is 2. The van der Waals surface area contributed by atoms with Crippen LogP contribution in [-0.4, -0.2) is 13.4 Å². The average molecular weight is 227 g/mol. The molecule has 1 aliphatic heterocycles. The Balaban J connectivity index is 2.88. The Kier molecular flexibility index (Phi) is 1.84. The molecule has 1 aromatic heterocycles. The molecule has 0 saturated carbocycles. The fourth-order valence-electron chi connectivity index (χ4n) is 1.17. The van der Waals surface area contributed by atoms with E-state index in [1.807, 2.05) is 0 Å². The molecule has 0 radical (unpaired) electrons. The number of hydrogen-bond acceptors (Lipinski definition) is 4. The van der Waals surface area contributed by atoms with Crippen molar-refractivity contribution in [1.29, 1.82) is 5.26 Å². The van der Waals surface area contributed by atoms with Gasteiger partial charge >= 0.3 is 0 Å². The number of sulfone groups is 1. The van der Waals surface area contributed by atoms with Crippen LogP contribution in [0.5, 0.6) is 0 Å². The zero-order valence-electron chi connectivity index (χ0n) is 6.73. The molecule has 70 valence electrons. The summed E-state index contributed by atoms with van der Waals surface area (Å²) >= 11 is 5.76. The van der Waals surface area contributed by atoms with Crippen molar-refractivity contribution in [3.63, 3.8) is 0 Å². The molecule has 6 heteroatoms. The maximum atomic E-state index is 11.4. The molecule has 4 nitrogen and oxygen atoms in total. The van der Waals surface area contributed by atoms with Gasteiger partial charge in [-0.3, -0.25) is 4.98 Å². The number of rotatable bonds is 0. The molecule has 0 aromatic carbocycles. The van der Waals surface area contributed by atoms with E-state index in [0.717, 1.165) is 5.41 Å². The lowest BCUT2D eigenvalue weighted by molar-refractivity contribution is 0.605. The molecule has 0 bridgehead atoms. The Morgan fingerprint density at radius 1 is 1.50 bits per heavy atom. The summed E-state index contributed by atoms with van der Waals surface area (Å²) in [6.07, 6.45) is 2.62. The van der Waals surface area contributed by atoms with Crippen LogP contribution in [-0.2, 0) is 9.84 Å². The lowest BCUT2D eigenvalue weighted by Gasteiger charge is -2.01. The molecule has 0 spiro atoms. The van der Waals surface area contributed by atoms with Crippen LogP contribution in [0.4, 0.5) is 0 Å². The molecule has 1 aliphatic rings. The highest BCUT2D eigenvalue weighted by Gasteiger charge is 2.26. The van der Waals surface area contributed by atoms with E-state index in [1.165, 1.54) is 12.3 Å². The van der Waals surface area contributed by atoms with Crippen molar-refractivity contribution in [2.24, 2.45) is 0 Å². The molecule has 0 fully saturated rings. The largest absolute Gasteiger partial charge is 0.254 e. The minimum absolute atomic E-state index is 0.0532. The summed E-state index contributed by atoms with van der Waals surface area (Å²) in [5.74, 6) is 0. The minimum atomic E-state index is -3.49. The fourth-order valence-corrected chi connectivity index (χ4v) is 2.90. The van der Waals surface area contributed by atoms with E-state index < -0.39 is 9.84 Å². The van der Waals surface area contributed by atoms with Crippen molar-refractivity contribution in [1.82, 2.24) is 4.98 Å². The number of fused-ring (bicyclic) bond motifs is 1. The quantitative estimate of drug-likeness (QED) is 0.670. The summed E-state index contributed by atoms with van der Waals surface area (Å²) in [6.45, 7) is 0. The summed E-state index contributed by atoms with van der Waals surface area (Å²) < 4.78 is 22.8. The van der Waals surface area contributed by atoms with E-state index in [9.17, 15) is 8.42 Å². The van der Waals surface area contributed by atoms with Crippen molar-refractivity contribution < 1.29 is 8.42 Å². The highest BCUT2D eigenvalue weighted by molar-refractivity contribution is 7.95. The predicted molar refractivity (Wildman–Crippen MR) is 50.2 cm³/mol. The van der Waals surface area contributed by atoms with Crippen LogP contribution in [0.2, 0.25) is 5.02 Å². The molecule has 0 unspecified atom stereocenters. The maximum Gasteiger partial charge on any atom is 0.203 e. The third kappa shape index (κ3) is 1.12. The van der Waals surface area contributed by atoms with Crippen LogP contribution in [0.15, 0.2) is 16.5 Å². The number of halogens is 1. The average Bonchev–Trinajstić information content (AvgIpc) is 2.43. The summed E-state index contributed by atoms with van der Waals surface area (Å²) in [6, 6.07) is 1.78. The van der Waals surface area contributed by atoms with E-state index >= 15 is 0 Å². The molecule has 0 N–H and O–H groups in total. The summed E-state index contributed by atoms with van der Waals surface area (Å²) in [7, 11) is -3.49. The number of hydrogen-bond donors (Lipinski definition) is 0. The monoisotopic (exact) mass is 226 g/mol. The van der Waals surface area contributed by atoms with Crippen molar-refractivity contribution in [2.45, 2.75) is 4.90 Å². The highest BCUT2D eigenvalue weighted by atomic mass is 35.5. The van der Waals surface area contributed by atoms with Gasteiger partial charge in [0, 0.05) is 11.6 Å². The zero-order valence-corrected chi connectivity index (χ0v) is 8.30. The first-order chi connectivity index (χ1) is 6.56. The van der Waals surface area contributed by atoms with Gasteiger partial charge < -0.3 is 0 Å². The van der Waals surface area contributed by atoms with Crippen molar-refractivity contribution in [2.75, 3.05) is 0 Å². The summed E-state index contributed by atoms with van der Waals surface area (Å²) in [4.78, 5) is 3.74. The number of aromatic nitrogens is 1. The number of nitriles is 1. The molecule has 0 amide bonds. The van der Waals surface area contributed by atoms with Crippen LogP contribution in [0, 0.1) is 11.3 Å². The standard InChI is InChI=1S/C8H3ClN2O2S/c9-7-5(3-10)4-11-6-1-2-14(12,13)8(6)7/h1-2,4H. The maximum absolute atomic E-state index is 11.4. The van der Waals surface area contributed by atoms with Crippen molar-refractivity contribution in [3.05, 3.63) is 27.9 Å². The first-order valence-corrected chi connectivity index (χ1v) is 5.50. The molecule has 0 atom stereocenters. The third-order valence-corrected chi connectivity index (χ3v) is 3.79. The second-order valence-corrected chi connectivity index (χ2v) is 4.81. The molecule has 0 saturated heterocycles. The Hall–Kier alpha value is -1.38. The normalized spacial score (nSPS) is 16.3. The van der Waals surface area contributed by atoms with Gasteiger partial charge in [-0.05, 0) is 6.08 Å². The van der Waals surface area contributed by atoms with Crippen molar-refractivity contribution >= 4 is 27.5 Å². The van der Waals surface area contributed by atoms with Gasteiger partial charge in [0.2, 0.25) is 9.84 Å². The molecular formula is C8H3ClN2O2S. The highest BCUT2D eigenvalue weighted by Crippen LogP contribution is 2.33. The van der Waals surface area contributed by atoms with E-state index in [0.29, 0.717) is 0 Å². The Labute approximate surface area is 85.4 Å². The van der Waals surface area contributed by atoms with E-state index in [-0.39, 0.29) is 21.2 Å². The molecule has 2 heterocycles. The van der Waals surface area contributed by atoms with Gasteiger partial charge in [0.05, 0.1) is 16.3 Å². The van der Waals surface area contributed by atoms with Crippen LogP contribution < -0.4 is 0 Å². The Morgan fingerprint density at radius 3 is 2.86 bits per heavy atom. The molecule has 14 heavy (non-hydrogen) atoms. The summed E-state index contributed by atoms with van der Waals surface area (Å²) in [5.41, 5.74) is 0.353. The molecule has 1 aromatic rings. The van der Waals surface area contributed by atoms with E-state index in [1.54, 1.807) is 6.07 Å². The van der Waals surface area contributed by atoms with E-state index in [4.69, 9.17) is 16.9 Å². The smallest absolute Gasteiger partial charge is 0.203 e. The Bertz CT molecular complexity index is 584. The van der Waals surface area contributed by atoms with Gasteiger partial charge in [0.1, 0.15) is 11.0 Å². The van der Waals surface area contributed by atoms with Gasteiger partial charge in [-0.25, -0.2) is 8.42 Å². The first kappa shape index (κ1) is 9.19. The lowest BCUT2D eigenvalue weighted by atomic mass is 10.2. The van der Waals surface area contributed by atoms with Gasteiger partial charge in [-0.15, -0.1) is 0 Å². The van der Waals surface area contributed by atoms with Crippen LogP contribution >= 0.6 is 11.6 Å². The second kappa shape index (κ2) is 2.80. The van der Waals surface area contributed by atoms with Gasteiger partial charge in [0.25, 0.3) is 0 Å². The SMILES string of the molecule is N#Cc1cnc2c(c1Cl)S(=O)(=O)C=C2. The van der Waals surface area contributed by atoms with E-state index in [2.05, 4.69) is 4.98 Å². The number of pyridine rings is 1. The third-order valence-electron chi connectivity index (χ3n) is 1.81. The van der Waals surface area contributed by atoms with Gasteiger partial charge in [-0.2, -0.15) is 5.26 Å². The lowest BCUT2D eigenvalue weighted by Crippen LogP contribution is -1.98. The topological polar surface area (TPSA) is 70.8 Å². The first-order valence-electron chi connectivity index (χ1n) is 3.58. The minimum Gasteiger partial charge on any atom is -0.254 e. The zero-order chi connectivity index (χ0) is 10.3. The summed E-state index contributed by atoms with van der Waals surface area (Å²) in [5, 5.41) is 9.60. The second-order valence-electron chi connectivity index (χ2n) is 2.66. The Morgan fingerprint density at radius 2 is 2.21 bits per heavy atom. The molecular weight excluding hydrogens is 224 g/mol. The van der Waals surface area contributed by atoms with Crippen LogP contribution in [0.3, 0.4) is 0 Å². The van der Waals surface area contributed by atoms with Gasteiger partial charge in [-0.1, -0.05) is 11.6 Å². The van der Waals surface area contributed by atoms with Crippen molar-refractivity contribution in [3.8, 4) is 6.07 Å². The molecule has 0 aliphatic carbocycles. The predicted octanol–water partition coefficient (Wildman–Crippen LogP) is 1.36. The molecule has 2 rings (SSSR count). The fraction of sp³-hybridized carbons (Fsp3) is 0. The van der Waals surface area contributed by atoms with Crippen LogP contribution in [0.1, 0.15) is 11.3 Å². The van der Waals surface area contributed by atoms with Crippen LogP contribution in [0.25, 0.3) is 6.08 Å². The van der Waals surface area contributed by atoms with Gasteiger partial charge in [0.15, 0.2) is 0 Å².